The third-order valence-electron chi connectivity index (χ3n) is 4.80. The lowest BCUT2D eigenvalue weighted by atomic mass is 10.1. The van der Waals surface area contributed by atoms with Gasteiger partial charge in [-0.1, -0.05) is 25.4 Å². The lowest BCUT2D eigenvalue weighted by Gasteiger charge is -2.22. The van der Waals surface area contributed by atoms with Crippen molar-refractivity contribution in [2.75, 3.05) is 13.1 Å². The maximum atomic E-state index is 12.4. The van der Waals surface area contributed by atoms with Gasteiger partial charge in [-0.15, -0.1) is 0 Å². The molecule has 20 heavy (non-hydrogen) atoms. The molecule has 0 radical (unpaired) electrons. The molecule has 0 aromatic heterocycles. The molecular formula is C14H15ClN2O3. The van der Waals surface area contributed by atoms with E-state index in [2.05, 4.69) is 13.8 Å². The summed E-state index contributed by atoms with van der Waals surface area (Å²) in [6, 6.07) is 3.98. The van der Waals surface area contributed by atoms with Crippen LogP contribution in [0.2, 0.25) is 5.02 Å². The van der Waals surface area contributed by atoms with Crippen molar-refractivity contribution in [3.05, 3.63) is 38.9 Å². The quantitative estimate of drug-likeness (QED) is 0.622. The van der Waals surface area contributed by atoms with Crippen molar-refractivity contribution in [1.82, 2.24) is 4.90 Å². The van der Waals surface area contributed by atoms with Crippen molar-refractivity contribution in [2.24, 2.45) is 17.3 Å². The van der Waals surface area contributed by atoms with Crippen molar-refractivity contribution >= 4 is 23.2 Å². The zero-order valence-electron chi connectivity index (χ0n) is 11.3. The fourth-order valence-electron chi connectivity index (χ4n) is 3.26. The molecule has 1 amide bonds. The highest BCUT2D eigenvalue weighted by Gasteiger charge is 2.62. The fourth-order valence-corrected chi connectivity index (χ4v) is 3.46. The number of fused-ring (bicyclic) bond motifs is 1. The molecule has 1 aliphatic carbocycles. The number of carbonyl (C=O) groups is 1. The Balaban J connectivity index is 1.82. The number of hydrogen-bond acceptors (Lipinski definition) is 3. The van der Waals surface area contributed by atoms with E-state index >= 15 is 0 Å². The van der Waals surface area contributed by atoms with E-state index in [1.165, 1.54) is 18.2 Å². The summed E-state index contributed by atoms with van der Waals surface area (Å²) in [6.45, 7) is 5.86. The monoisotopic (exact) mass is 294 g/mol. The Kier molecular flexibility index (Phi) is 2.80. The Bertz CT molecular complexity index is 600. The van der Waals surface area contributed by atoms with Gasteiger partial charge in [0.2, 0.25) is 0 Å². The molecule has 106 valence electrons. The summed E-state index contributed by atoms with van der Waals surface area (Å²) in [5.41, 5.74) is 0.436. The van der Waals surface area contributed by atoms with Crippen molar-refractivity contribution in [3.8, 4) is 0 Å². The molecule has 3 rings (SSSR count). The van der Waals surface area contributed by atoms with Gasteiger partial charge in [-0.25, -0.2) is 0 Å². The van der Waals surface area contributed by atoms with Crippen LogP contribution in [0.3, 0.4) is 0 Å². The summed E-state index contributed by atoms with van der Waals surface area (Å²) >= 11 is 6.01. The predicted molar refractivity (Wildman–Crippen MR) is 74.8 cm³/mol. The van der Waals surface area contributed by atoms with Crippen molar-refractivity contribution < 1.29 is 9.72 Å². The van der Waals surface area contributed by atoms with Gasteiger partial charge in [-0.05, 0) is 23.3 Å². The first kappa shape index (κ1) is 13.4. The van der Waals surface area contributed by atoms with E-state index in [1.807, 2.05) is 0 Å². The minimum absolute atomic E-state index is 0.109. The zero-order chi connectivity index (χ0) is 14.7. The Morgan fingerprint density at radius 1 is 1.40 bits per heavy atom. The van der Waals surface area contributed by atoms with Gasteiger partial charge in [0, 0.05) is 25.2 Å². The molecule has 5 nitrogen and oxygen atoms in total. The second-order valence-corrected chi connectivity index (χ2v) is 6.57. The highest BCUT2D eigenvalue weighted by atomic mass is 35.5. The molecule has 2 aliphatic rings. The number of piperidine rings is 1. The SMILES string of the molecule is CC1(C)C2CN(C(=O)c3cc([N+](=O)[O-])ccc3Cl)CC21. The first-order valence-electron chi connectivity index (χ1n) is 6.55. The van der Waals surface area contributed by atoms with Gasteiger partial charge in [0.15, 0.2) is 0 Å². The average molecular weight is 295 g/mol. The minimum atomic E-state index is -0.516. The third-order valence-corrected chi connectivity index (χ3v) is 5.13. The van der Waals surface area contributed by atoms with E-state index in [-0.39, 0.29) is 22.2 Å². The highest BCUT2D eigenvalue weighted by Crippen LogP contribution is 2.62. The van der Waals surface area contributed by atoms with Crippen LogP contribution in [0.4, 0.5) is 5.69 Å². The van der Waals surface area contributed by atoms with Crippen LogP contribution in [-0.4, -0.2) is 28.8 Å². The van der Waals surface area contributed by atoms with Gasteiger partial charge in [0.1, 0.15) is 0 Å². The summed E-state index contributed by atoms with van der Waals surface area (Å²) < 4.78 is 0. The zero-order valence-corrected chi connectivity index (χ0v) is 12.1. The second kappa shape index (κ2) is 4.19. The van der Waals surface area contributed by atoms with Gasteiger partial charge in [0.05, 0.1) is 15.5 Å². The molecule has 0 N–H and O–H groups in total. The molecule has 1 heterocycles. The summed E-state index contributed by atoms with van der Waals surface area (Å²) in [5, 5.41) is 11.1. The number of nitrogens with zero attached hydrogens (tertiary/aromatic N) is 2. The smallest absolute Gasteiger partial charge is 0.270 e. The van der Waals surface area contributed by atoms with Crippen molar-refractivity contribution in [2.45, 2.75) is 13.8 Å². The second-order valence-electron chi connectivity index (χ2n) is 6.17. The Morgan fingerprint density at radius 2 is 2.00 bits per heavy atom. The average Bonchev–Trinajstić information content (AvgIpc) is 2.80. The van der Waals surface area contributed by atoms with Gasteiger partial charge >= 0.3 is 0 Å². The molecule has 1 aromatic rings. The molecule has 1 saturated carbocycles. The molecular weight excluding hydrogens is 280 g/mol. The summed E-state index contributed by atoms with van der Waals surface area (Å²) in [5.74, 6) is 0.884. The molecule has 0 spiro atoms. The van der Waals surface area contributed by atoms with E-state index in [4.69, 9.17) is 11.6 Å². The number of non-ortho nitro benzene ring substituents is 1. The lowest BCUT2D eigenvalue weighted by molar-refractivity contribution is -0.384. The minimum Gasteiger partial charge on any atom is -0.338 e. The number of nitro groups is 1. The highest BCUT2D eigenvalue weighted by molar-refractivity contribution is 6.33. The normalized spacial score (nSPS) is 26.2. The van der Waals surface area contributed by atoms with Crippen LogP contribution in [0.25, 0.3) is 0 Å². The van der Waals surface area contributed by atoms with Crippen LogP contribution in [-0.2, 0) is 0 Å². The van der Waals surface area contributed by atoms with Crippen LogP contribution in [0.1, 0.15) is 24.2 Å². The number of amides is 1. The fraction of sp³-hybridized carbons (Fsp3) is 0.500. The molecule has 1 saturated heterocycles. The van der Waals surface area contributed by atoms with Crippen LogP contribution in [0.15, 0.2) is 18.2 Å². The van der Waals surface area contributed by atoms with Gasteiger partial charge < -0.3 is 4.90 Å². The summed E-state index contributed by atoms with van der Waals surface area (Å²) in [4.78, 5) is 24.5. The third kappa shape index (κ3) is 1.88. The molecule has 2 atom stereocenters. The first-order chi connectivity index (χ1) is 9.32. The van der Waals surface area contributed by atoms with E-state index in [0.29, 0.717) is 17.3 Å². The van der Waals surface area contributed by atoms with Gasteiger partial charge in [-0.3, -0.25) is 14.9 Å². The van der Waals surface area contributed by atoms with Crippen molar-refractivity contribution in [1.29, 1.82) is 0 Å². The van der Waals surface area contributed by atoms with Crippen molar-refractivity contribution in [3.63, 3.8) is 0 Å². The largest absolute Gasteiger partial charge is 0.338 e. The Morgan fingerprint density at radius 3 is 2.55 bits per heavy atom. The Hall–Kier alpha value is -1.62. The lowest BCUT2D eigenvalue weighted by Crippen LogP contribution is -2.33. The first-order valence-corrected chi connectivity index (χ1v) is 6.93. The number of nitro benzene ring substituents is 1. The summed E-state index contributed by atoms with van der Waals surface area (Å²) in [7, 11) is 0. The maximum absolute atomic E-state index is 12.4. The molecule has 2 fully saturated rings. The number of halogens is 1. The molecule has 6 heteroatoms. The van der Waals surface area contributed by atoms with E-state index in [0.717, 1.165) is 13.1 Å². The molecule has 0 bridgehead atoms. The molecule has 1 aromatic carbocycles. The van der Waals surface area contributed by atoms with Gasteiger partial charge in [0.25, 0.3) is 11.6 Å². The van der Waals surface area contributed by atoms with Gasteiger partial charge in [-0.2, -0.15) is 0 Å². The van der Waals surface area contributed by atoms with E-state index in [9.17, 15) is 14.9 Å². The number of likely N-dealkylation sites (tertiary alicyclic amines) is 1. The predicted octanol–water partition coefficient (Wildman–Crippen LogP) is 2.98. The number of carbonyl (C=O) groups excluding carboxylic acids is 1. The number of hydrogen-bond donors (Lipinski definition) is 0. The standard InChI is InChI=1S/C14H15ClN2O3/c1-14(2)10-6-16(7-11(10)14)13(18)9-5-8(17(19)20)3-4-12(9)15/h3-5,10-11H,6-7H2,1-2H3. The van der Waals surface area contributed by atoms with E-state index in [1.54, 1.807) is 4.90 Å². The number of benzene rings is 1. The maximum Gasteiger partial charge on any atom is 0.270 e. The van der Waals surface area contributed by atoms with Crippen LogP contribution < -0.4 is 0 Å². The Labute approximate surface area is 121 Å². The van der Waals surface area contributed by atoms with Crippen LogP contribution in [0, 0.1) is 27.4 Å². The number of rotatable bonds is 2. The van der Waals surface area contributed by atoms with E-state index < -0.39 is 4.92 Å². The summed E-state index contributed by atoms with van der Waals surface area (Å²) in [6.07, 6.45) is 0. The molecule has 2 unspecified atom stereocenters. The van der Waals surface area contributed by atoms with Crippen LogP contribution in [0.5, 0.6) is 0 Å². The molecule has 1 aliphatic heterocycles. The van der Waals surface area contributed by atoms with Crippen LogP contribution >= 0.6 is 11.6 Å². The topological polar surface area (TPSA) is 63.5 Å².